The Morgan fingerprint density at radius 3 is 2.46 bits per heavy atom. The van der Waals surface area contributed by atoms with Gasteiger partial charge in [-0.2, -0.15) is 4.98 Å². The lowest BCUT2D eigenvalue weighted by Gasteiger charge is -2.11. The molecule has 6 heteroatoms. The number of ether oxygens (including phenoxy) is 2. The van der Waals surface area contributed by atoms with E-state index in [1.807, 2.05) is 30.3 Å². The third kappa shape index (κ3) is 5.61. The van der Waals surface area contributed by atoms with Crippen LogP contribution in [0.4, 0.5) is 11.8 Å². The highest BCUT2D eigenvalue weighted by molar-refractivity contribution is 5.45. The van der Waals surface area contributed by atoms with Crippen molar-refractivity contribution < 1.29 is 9.47 Å². The van der Waals surface area contributed by atoms with Crippen LogP contribution >= 0.6 is 0 Å². The van der Waals surface area contributed by atoms with Gasteiger partial charge >= 0.3 is 0 Å². The molecule has 0 unspecified atom stereocenters. The number of nitrogens with one attached hydrogen (secondary N) is 2. The highest BCUT2D eigenvalue weighted by atomic mass is 16.5. The molecule has 0 fully saturated rings. The van der Waals surface area contributed by atoms with Crippen molar-refractivity contribution in [2.45, 2.75) is 19.4 Å². The largest absolute Gasteiger partial charge is 0.493 e. The molecule has 3 rings (SSSR count). The summed E-state index contributed by atoms with van der Waals surface area (Å²) < 4.78 is 10.6. The monoisotopic (exact) mass is 378 g/mol. The fourth-order valence-electron chi connectivity index (χ4n) is 2.86. The summed E-state index contributed by atoms with van der Waals surface area (Å²) in [6, 6.07) is 18.2. The van der Waals surface area contributed by atoms with Crippen LogP contribution in [0.5, 0.6) is 11.5 Å². The second-order valence-corrected chi connectivity index (χ2v) is 6.32. The molecule has 28 heavy (non-hydrogen) atoms. The molecule has 1 heterocycles. The van der Waals surface area contributed by atoms with Crippen LogP contribution in [0.25, 0.3) is 0 Å². The molecule has 0 aliphatic heterocycles. The lowest BCUT2D eigenvalue weighted by Crippen LogP contribution is -2.08. The zero-order valence-electron chi connectivity index (χ0n) is 16.3. The van der Waals surface area contributed by atoms with Gasteiger partial charge < -0.3 is 20.1 Å². The molecule has 6 nitrogen and oxygen atoms in total. The maximum atomic E-state index is 5.35. The van der Waals surface area contributed by atoms with E-state index in [0.29, 0.717) is 18.2 Å². The van der Waals surface area contributed by atoms with Crippen molar-refractivity contribution in [2.24, 2.45) is 0 Å². The van der Waals surface area contributed by atoms with E-state index in [0.717, 1.165) is 36.5 Å². The number of methoxy groups -OCH3 is 2. The summed E-state index contributed by atoms with van der Waals surface area (Å²) in [4.78, 5) is 8.81. The molecule has 0 saturated heterocycles. The first kappa shape index (κ1) is 19.5. The van der Waals surface area contributed by atoms with Gasteiger partial charge in [-0.15, -0.1) is 0 Å². The summed E-state index contributed by atoms with van der Waals surface area (Å²) in [7, 11) is 3.26. The molecule has 3 aromatic rings. The van der Waals surface area contributed by atoms with Crippen LogP contribution in [0.3, 0.4) is 0 Å². The second-order valence-electron chi connectivity index (χ2n) is 6.32. The summed E-state index contributed by atoms with van der Waals surface area (Å²) in [6.45, 7) is 1.46. The minimum Gasteiger partial charge on any atom is -0.493 e. The van der Waals surface area contributed by atoms with E-state index < -0.39 is 0 Å². The molecule has 2 aromatic carbocycles. The predicted octanol–water partition coefficient (Wildman–Crippen LogP) is 4.15. The smallest absolute Gasteiger partial charge is 0.224 e. The van der Waals surface area contributed by atoms with Crippen LogP contribution in [0, 0.1) is 0 Å². The summed E-state index contributed by atoms with van der Waals surface area (Å²) in [5.41, 5.74) is 2.42. The SMILES string of the molecule is COc1ccc(CNc2ccnc(NCCCc3ccccc3)n2)cc1OC. The standard InChI is InChI=1S/C22H26N4O2/c1-27-19-11-10-18(15-20(19)28-2)16-25-21-12-14-24-22(26-21)23-13-6-9-17-7-4-3-5-8-17/h3-5,7-8,10-12,14-15H,6,9,13,16H2,1-2H3,(H2,23,24,25,26). The van der Waals surface area contributed by atoms with E-state index in [-0.39, 0.29) is 0 Å². The average Bonchev–Trinajstić information content (AvgIpc) is 2.76. The van der Waals surface area contributed by atoms with Gasteiger partial charge in [0.15, 0.2) is 11.5 Å². The van der Waals surface area contributed by atoms with Crippen LogP contribution in [-0.2, 0) is 13.0 Å². The van der Waals surface area contributed by atoms with Crippen molar-refractivity contribution >= 4 is 11.8 Å². The van der Waals surface area contributed by atoms with Gasteiger partial charge in [0, 0.05) is 19.3 Å². The molecule has 0 amide bonds. The summed E-state index contributed by atoms with van der Waals surface area (Å²) in [5, 5.41) is 6.61. The Morgan fingerprint density at radius 2 is 1.68 bits per heavy atom. The van der Waals surface area contributed by atoms with Crippen molar-refractivity contribution in [1.29, 1.82) is 0 Å². The van der Waals surface area contributed by atoms with E-state index in [9.17, 15) is 0 Å². The minimum absolute atomic E-state index is 0.630. The Hall–Kier alpha value is -3.28. The van der Waals surface area contributed by atoms with E-state index in [4.69, 9.17) is 9.47 Å². The first-order valence-corrected chi connectivity index (χ1v) is 9.34. The van der Waals surface area contributed by atoms with Gasteiger partial charge in [0.1, 0.15) is 5.82 Å². The summed E-state index contributed by atoms with van der Waals surface area (Å²) in [6.07, 6.45) is 3.81. The lowest BCUT2D eigenvalue weighted by molar-refractivity contribution is 0.354. The third-order valence-corrected chi connectivity index (χ3v) is 4.35. The Balaban J connectivity index is 1.49. The van der Waals surface area contributed by atoms with Crippen LogP contribution in [-0.4, -0.2) is 30.7 Å². The van der Waals surface area contributed by atoms with E-state index in [2.05, 4.69) is 44.9 Å². The number of rotatable bonds is 10. The molecule has 0 aliphatic carbocycles. The second kappa shape index (κ2) is 10.2. The van der Waals surface area contributed by atoms with Crippen LogP contribution in [0.1, 0.15) is 17.5 Å². The van der Waals surface area contributed by atoms with E-state index in [1.165, 1.54) is 5.56 Å². The van der Waals surface area contributed by atoms with Gasteiger partial charge in [-0.25, -0.2) is 4.98 Å². The molecule has 1 aromatic heterocycles. The molecule has 0 spiro atoms. The van der Waals surface area contributed by atoms with Crippen molar-refractivity contribution in [3.05, 3.63) is 71.9 Å². The van der Waals surface area contributed by atoms with E-state index in [1.54, 1.807) is 20.4 Å². The molecule has 0 saturated carbocycles. The number of aromatic nitrogens is 2. The highest BCUT2D eigenvalue weighted by Crippen LogP contribution is 2.27. The van der Waals surface area contributed by atoms with Gasteiger partial charge in [0.25, 0.3) is 0 Å². The highest BCUT2D eigenvalue weighted by Gasteiger charge is 2.05. The van der Waals surface area contributed by atoms with Gasteiger partial charge in [-0.05, 0) is 42.2 Å². The fourth-order valence-corrected chi connectivity index (χ4v) is 2.86. The molecule has 0 aliphatic rings. The van der Waals surface area contributed by atoms with Gasteiger partial charge in [-0.1, -0.05) is 36.4 Å². The molecule has 146 valence electrons. The maximum absolute atomic E-state index is 5.35. The Kier molecular flexibility index (Phi) is 7.07. The quantitative estimate of drug-likeness (QED) is 0.517. The van der Waals surface area contributed by atoms with Crippen molar-refractivity contribution in [3.8, 4) is 11.5 Å². The van der Waals surface area contributed by atoms with Crippen LogP contribution < -0.4 is 20.1 Å². The first-order valence-electron chi connectivity index (χ1n) is 9.34. The lowest BCUT2D eigenvalue weighted by atomic mass is 10.1. The average molecular weight is 378 g/mol. The Morgan fingerprint density at radius 1 is 0.857 bits per heavy atom. The van der Waals surface area contributed by atoms with Crippen molar-refractivity contribution in [2.75, 3.05) is 31.4 Å². The molecular weight excluding hydrogens is 352 g/mol. The number of hydrogen-bond donors (Lipinski definition) is 2. The first-order chi connectivity index (χ1) is 13.8. The molecule has 2 N–H and O–H groups in total. The predicted molar refractivity (Wildman–Crippen MR) is 112 cm³/mol. The Bertz CT molecular complexity index is 871. The van der Waals surface area contributed by atoms with Crippen LogP contribution in [0.15, 0.2) is 60.8 Å². The summed E-state index contributed by atoms with van der Waals surface area (Å²) in [5.74, 6) is 2.83. The molecule has 0 radical (unpaired) electrons. The van der Waals surface area contributed by atoms with Gasteiger partial charge in [0.05, 0.1) is 14.2 Å². The third-order valence-electron chi connectivity index (χ3n) is 4.35. The number of anilines is 2. The topological polar surface area (TPSA) is 68.3 Å². The maximum Gasteiger partial charge on any atom is 0.224 e. The summed E-state index contributed by atoms with van der Waals surface area (Å²) >= 11 is 0. The van der Waals surface area contributed by atoms with Crippen molar-refractivity contribution in [3.63, 3.8) is 0 Å². The Labute approximate surface area is 166 Å². The molecule has 0 atom stereocenters. The normalized spacial score (nSPS) is 10.4. The number of nitrogens with zero attached hydrogens (tertiary/aromatic N) is 2. The zero-order valence-corrected chi connectivity index (χ0v) is 16.3. The number of hydrogen-bond acceptors (Lipinski definition) is 6. The van der Waals surface area contributed by atoms with Crippen molar-refractivity contribution in [1.82, 2.24) is 9.97 Å². The zero-order chi connectivity index (χ0) is 19.6. The molecular formula is C22H26N4O2. The van der Waals surface area contributed by atoms with Crippen LogP contribution in [0.2, 0.25) is 0 Å². The number of aryl methyl sites for hydroxylation is 1. The van der Waals surface area contributed by atoms with Gasteiger partial charge in [0.2, 0.25) is 5.95 Å². The van der Waals surface area contributed by atoms with E-state index >= 15 is 0 Å². The minimum atomic E-state index is 0.630. The number of benzene rings is 2. The van der Waals surface area contributed by atoms with Gasteiger partial charge in [-0.3, -0.25) is 0 Å². The fraction of sp³-hybridized carbons (Fsp3) is 0.273. The molecule has 0 bridgehead atoms.